The number of pyridine rings is 1. The van der Waals surface area contributed by atoms with Gasteiger partial charge in [-0.05, 0) is 77.6 Å². The smallest absolute Gasteiger partial charge is 0.335 e. The van der Waals surface area contributed by atoms with Gasteiger partial charge < -0.3 is 15.2 Å². The van der Waals surface area contributed by atoms with E-state index in [-0.39, 0.29) is 27.2 Å². The Morgan fingerprint density at radius 2 is 1.55 bits per heavy atom. The number of aromatic nitrogens is 1. The number of carboxylic acid groups (broad SMARTS) is 1. The minimum absolute atomic E-state index is 0.0390. The fraction of sp³-hybridized carbons (Fsp3) is 0.306. The molecular weight excluding hydrogens is 735 g/mol. The number of carbonyl (C=O) groups is 2. The molecule has 5 rings (SSSR count). The highest BCUT2D eigenvalue weighted by Crippen LogP contribution is 2.42. The molecule has 1 aliphatic rings. The lowest BCUT2D eigenvalue weighted by Crippen LogP contribution is -2.49. The third kappa shape index (κ3) is 8.15. The van der Waals surface area contributed by atoms with Gasteiger partial charge in [-0.15, -0.1) is 0 Å². The maximum atomic E-state index is 15.3. The zero-order chi connectivity index (χ0) is 39.2. The second kappa shape index (κ2) is 14.8. The summed E-state index contributed by atoms with van der Waals surface area (Å²) in [5.74, 6) is -19.0. The van der Waals surface area contributed by atoms with Crippen LogP contribution in [0.15, 0.2) is 53.4 Å². The Morgan fingerprint density at radius 3 is 2.09 bits per heavy atom. The molecule has 1 heterocycles. The number of amides is 1. The number of halogens is 7. The summed E-state index contributed by atoms with van der Waals surface area (Å²) in [6.07, 6.45) is 1.05. The third-order valence-electron chi connectivity index (χ3n) is 8.67. The van der Waals surface area contributed by atoms with E-state index in [1.54, 1.807) is 12.1 Å². The maximum Gasteiger partial charge on any atom is 0.335 e. The summed E-state index contributed by atoms with van der Waals surface area (Å²) >= 11 is 0. The summed E-state index contributed by atoms with van der Waals surface area (Å²) in [5.41, 5.74) is 0.201. The molecule has 9 nitrogen and oxygen atoms in total. The van der Waals surface area contributed by atoms with Crippen molar-refractivity contribution < 1.29 is 58.6 Å². The molecule has 0 bridgehead atoms. The van der Waals surface area contributed by atoms with Gasteiger partial charge in [-0.3, -0.25) is 4.79 Å². The van der Waals surface area contributed by atoms with E-state index >= 15 is 13.2 Å². The molecule has 282 valence electrons. The highest BCUT2D eigenvalue weighted by atomic mass is 32.2. The molecule has 0 saturated heterocycles. The normalized spacial score (nSPS) is 14.0. The number of nitrogens with zero attached hydrogens (tertiary/aromatic N) is 2. The van der Waals surface area contributed by atoms with Crippen LogP contribution in [-0.2, 0) is 33.2 Å². The van der Waals surface area contributed by atoms with Crippen LogP contribution >= 0.6 is 0 Å². The first-order valence-electron chi connectivity index (χ1n) is 15.9. The largest absolute Gasteiger partial charge is 0.495 e. The van der Waals surface area contributed by atoms with Crippen molar-refractivity contribution in [1.82, 2.24) is 9.29 Å². The van der Waals surface area contributed by atoms with E-state index in [0.29, 0.717) is 11.6 Å². The Balaban J connectivity index is 1.76. The Hall–Kier alpha value is -5.03. The lowest BCUT2D eigenvalue weighted by atomic mass is 9.83. The van der Waals surface area contributed by atoms with Gasteiger partial charge in [0.25, 0.3) is 0 Å². The van der Waals surface area contributed by atoms with Crippen LogP contribution in [0, 0.1) is 41.0 Å². The monoisotopic (exact) mass is 767 g/mol. The van der Waals surface area contributed by atoms with Crippen molar-refractivity contribution in [2.24, 2.45) is 0 Å². The number of nitrogens with one attached hydrogen (secondary N) is 1. The quantitative estimate of drug-likeness (QED) is 0.0667. The van der Waals surface area contributed by atoms with Gasteiger partial charge >= 0.3 is 5.97 Å². The standard InChI is InChI=1S/C36H32F7N3O6S/c1-36(2,3)22-12-17(11-21(14-22)18-5-6-18)13-24(34(47)44-23-9-7-19(35(48)49)15-25(23)52-4)46(16-20-8-10-26(37)45-33(20)43)53(50,51)32-30(41)28(39)27(38)29(40)31(32)42/h7-12,14-15,18,24H,5-6,13,16H2,1-4H3,(H,44,47)(H,48,49). The van der Waals surface area contributed by atoms with Crippen molar-refractivity contribution in [3.05, 3.63) is 117 Å². The van der Waals surface area contributed by atoms with Crippen LogP contribution in [0.5, 0.6) is 5.75 Å². The topological polar surface area (TPSA) is 126 Å². The van der Waals surface area contributed by atoms with Crippen LogP contribution in [0.3, 0.4) is 0 Å². The predicted octanol–water partition coefficient (Wildman–Crippen LogP) is 7.38. The van der Waals surface area contributed by atoms with Crippen molar-refractivity contribution in [2.45, 2.75) is 68.8 Å². The van der Waals surface area contributed by atoms with Crippen LogP contribution in [-0.4, -0.2) is 47.8 Å². The molecule has 4 aromatic rings. The minimum atomic E-state index is -6.01. The summed E-state index contributed by atoms with van der Waals surface area (Å²) in [4.78, 5) is 26.6. The molecule has 53 heavy (non-hydrogen) atoms. The second-order valence-corrected chi connectivity index (χ2v) is 15.3. The summed E-state index contributed by atoms with van der Waals surface area (Å²) in [6, 6.07) is 7.68. The van der Waals surface area contributed by atoms with Gasteiger partial charge in [0, 0.05) is 12.1 Å². The molecular formula is C36H32F7N3O6S. The summed E-state index contributed by atoms with van der Waals surface area (Å²) in [7, 11) is -4.88. The van der Waals surface area contributed by atoms with Crippen LogP contribution in [0.1, 0.15) is 72.1 Å². The van der Waals surface area contributed by atoms with E-state index in [9.17, 15) is 40.7 Å². The number of hydrogen-bond acceptors (Lipinski definition) is 6. The molecule has 1 saturated carbocycles. The molecule has 0 radical (unpaired) electrons. The molecule has 1 amide bonds. The first-order valence-corrected chi connectivity index (χ1v) is 17.4. The lowest BCUT2D eigenvalue weighted by Gasteiger charge is -2.31. The average molecular weight is 768 g/mol. The van der Waals surface area contributed by atoms with Gasteiger partial charge in [-0.2, -0.15) is 18.1 Å². The van der Waals surface area contributed by atoms with Gasteiger partial charge in [-0.1, -0.05) is 39.0 Å². The van der Waals surface area contributed by atoms with Gasteiger partial charge in [0.05, 0.1) is 18.4 Å². The van der Waals surface area contributed by atoms with Crippen molar-refractivity contribution >= 4 is 27.6 Å². The zero-order valence-electron chi connectivity index (χ0n) is 28.5. The molecule has 1 aliphatic carbocycles. The number of aromatic carboxylic acids is 1. The van der Waals surface area contributed by atoms with Crippen LogP contribution in [0.2, 0.25) is 0 Å². The molecule has 0 spiro atoms. The zero-order valence-corrected chi connectivity index (χ0v) is 29.4. The number of carbonyl (C=O) groups excluding carboxylic acids is 1. The molecule has 1 fully saturated rings. The number of rotatable bonds is 12. The summed E-state index contributed by atoms with van der Waals surface area (Å²) in [6.45, 7) is 4.36. The molecule has 3 aromatic carbocycles. The molecule has 2 N–H and O–H groups in total. The van der Waals surface area contributed by atoms with Crippen LogP contribution < -0.4 is 10.1 Å². The Bertz CT molecular complexity index is 2200. The average Bonchev–Trinajstić information content (AvgIpc) is 3.94. The van der Waals surface area contributed by atoms with E-state index < -0.39 is 97.8 Å². The van der Waals surface area contributed by atoms with Gasteiger partial charge in [-0.25, -0.2) is 35.2 Å². The van der Waals surface area contributed by atoms with Crippen molar-refractivity contribution in [3.8, 4) is 5.75 Å². The predicted molar refractivity (Wildman–Crippen MR) is 176 cm³/mol. The van der Waals surface area contributed by atoms with Crippen LogP contribution in [0.4, 0.5) is 36.4 Å². The number of ether oxygens (including phenoxy) is 1. The third-order valence-corrected chi connectivity index (χ3v) is 10.5. The fourth-order valence-corrected chi connectivity index (χ4v) is 7.31. The highest BCUT2D eigenvalue weighted by molar-refractivity contribution is 7.89. The Labute approximate surface area is 299 Å². The first-order chi connectivity index (χ1) is 24.7. The number of anilines is 1. The van der Waals surface area contributed by atoms with Crippen molar-refractivity contribution in [2.75, 3.05) is 12.4 Å². The van der Waals surface area contributed by atoms with Gasteiger partial charge in [0.2, 0.25) is 33.6 Å². The molecule has 17 heteroatoms. The van der Waals surface area contributed by atoms with E-state index in [4.69, 9.17) is 4.74 Å². The molecule has 1 unspecified atom stereocenters. The first kappa shape index (κ1) is 39.2. The van der Waals surface area contributed by atoms with Crippen LogP contribution in [0.25, 0.3) is 0 Å². The molecule has 0 aliphatic heterocycles. The summed E-state index contributed by atoms with van der Waals surface area (Å²) < 4.78 is 136. The second-order valence-electron chi connectivity index (χ2n) is 13.5. The number of benzene rings is 3. The minimum Gasteiger partial charge on any atom is -0.495 e. The molecule has 1 atom stereocenters. The lowest BCUT2D eigenvalue weighted by molar-refractivity contribution is -0.120. The van der Waals surface area contributed by atoms with E-state index in [0.717, 1.165) is 55.3 Å². The number of methoxy groups -OCH3 is 1. The SMILES string of the molecule is COc1cc(C(=O)O)ccc1NC(=O)C(Cc1cc(C2CC2)cc(C(C)(C)C)c1)N(Cc1ccc(F)nc1F)S(=O)(=O)c1c(F)c(F)c(F)c(F)c1F. The van der Waals surface area contributed by atoms with Crippen molar-refractivity contribution in [1.29, 1.82) is 0 Å². The van der Waals surface area contributed by atoms with E-state index in [1.165, 1.54) is 0 Å². The highest BCUT2D eigenvalue weighted by Gasteiger charge is 2.43. The van der Waals surface area contributed by atoms with Gasteiger partial charge in [0.15, 0.2) is 28.2 Å². The van der Waals surface area contributed by atoms with Gasteiger partial charge in [0.1, 0.15) is 11.8 Å². The summed E-state index contributed by atoms with van der Waals surface area (Å²) in [5, 5.41) is 11.8. The van der Waals surface area contributed by atoms with E-state index in [2.05, 4.69) is 10.3 Å². The van der Waals surface area contributed by atoms with E-state index in [1.807, 2.05) is 26.8 Å². The fourth-order valence-electron chi connectivity index (χ4n) is 5.63. The number of carboxylic acids is 1. The maximum absolute atomic E-state index is 15.3. The number of hydrogen-bond donors (Lipinski definition) is 2. The molecule has 1 aromatic heterocycles. The Morgan fingerprint density at radius 1 is 0.925 bits per heavy atom. The Kier molecular flexibility index (Phi) is 10.9. The van der Waals surface area contributed by atoms with Crippen molar-refractivity contribution in [3.63, 3.8) is 0 Å². The number of sulfonamides is 1.